The highest BCUT2D eigenvalue weighted by molar-refractivity contribution is 5.90. The SMILES string of the molecule is CNCCCCC(CNC(CCCCNC)C(=O)NC(CCCCNC)C(=O)NC(CCCCNC)CC(C)=O)NC. The normalized spacial score (nSPS) is 14.2. The van der Waals surface area contributed by atoms with Gasteiger partial charge in [-0.25, -0.2) is 0 Å². The van der Waals surface area contributed by atoms with Crippen LogP contribution in [-0.2, 0) is 14.4 Å². The van der Waals surface area contributed by atoms with Gasteiger partial charge in [-0.3, -0.25) is 14.4 Å². The van der Waals surface area contributed by atoms with E-state index in [0.29, 0.717) is 25.8 Å². The highest BCUT2D eigenvalue weighted by Gasteiger charge is 2.27. The summed E-state index contributed by atoms with van der Waals surface area (Å²) >= 11 is 0. The van der Waals surface area contributed by atoms with Crippen LogP contribution >= 0.6 is 0 Å². The molecule has 0 saturated heterocycles. The van der Waals surface area contributed by atoms with Crippen molar-refractivity contribution in [2.24, 2.45) is 0 Å². The van der Waals surface area contributed by atoms with Gasteiger partial charge in [-0.05, 0) is 126 Å². The van der Waals surface area contributed by atoms with Crippen LogP contribution in [-0.4, -0.2) is 110 Å². The van der Waals surface area contributed by atoms with Gasteiger partial charge in [0.25, 0.3) is 0 Å². The molecule has 0 aliphatic heterocycles. The smallest absolute Gasteiger partial charge is 0.242 e. The predicted molar refractivity (Wildman–Crippen MR) is 175 cm³/mol. The molecule has 0 aliphatic carbocycles. The van der Waals surface area contributed by atoms with Crippen LogP contribution in [0.3, 0.4) is 0 Å². The van der Waals surface area contributed by atoms with Gasteiger partial charge in [0.2, 0.25) is 11.8 Å². The Bertz CT molecular complexity index is 683. The molecular formula is C31H66N8O3. The summed E-state index contributed by atoms with van der Waals surface area (Å²) in [5.41, 5.74) is 0. The molecule has 0 aromatic heterocycles. The second-order valence-electron chi connectivity index (χ2n) is 11.5. The first-order valence-corrected chi connectivity index (χ1v) is 16.4. The third kappa shape index (κ3) is 22.0. The average Bonchev–Trinajstić information content (AvgIpc) is 2.96. The van der Waals surface area contributed by atoms with Crippen molar-refractivity contribution in [2.45, 2.75) is 115 Å². The Kier molecular flexibility index (Phi) is 27.1. The first-order chi connectivity index (χ1) is 20.3. The van der Waals surface area contributed by atoms with Crippen LogP contribution in [0.25, 0.3) is 0 Å². The van der Waals surface area contributed by atoms with Crippen LogP contribution in [0.5, 0.6) is 0 Å². The highest BCUT2D eigenvalue weighted by Crippen LogP contribution is 2.10. The van der Waals surface area contributed by atoms with E-state index in [9.17, 15) is 14.4 Å². The second-order valence-corrected chi connectivity index (χ2v) is 11.5. The van der Waals surface area contributed by atoms with E-state index in [1.807, 2.05) is 35.2 Å². The van der Waals surface area contributed by atoms with Gasteiger partial charge in [0.05, 0.1) is 6.04 Å². The average molecular weight is 599 g/mol. The van der Waals surface area contributed by atoms with Crippen LogP contribution in [0.1, 0.15) is 90.4 Å². The molecule has 0 radical (unpaired) electrons. The molecule has 0 fully saturated rings. The van der Waals surface area contributed by atoms with Crippen molar-refractivity contribution >= 4 is 17.6 Å². The zero-order valence-electron chi connectivity index (χ0n) is 27.8. The Labute approximate surface area is 257 Å². The number of hydrogen-bond acceptors (Lipinski definition) is 9. The van der Waals surface area contributed by atoms with E-state index in [-0.39, 0.29) is 35.7 Å². The van der Waals surface area contributed by atoms with Crippen molar-refractivity contribution in [1.29, 1.82) is 0 Å². The third-order valence-corrected chi connectivity index (χ3v) is 7.65. The lowest BCUT2D eigenvalue weighted by molar-refractivity contribution is -0.131. The largest absolute Gasteiger partial charge is 0.351 e. The van der Waals surface area contributed by atoms with Crippen LogP contribution in [0.2, 0.25) is 0 Å². The number of unbranched alkanes of at least 4 members (excludes halogenated alkanes) is 4. The lowest BCUT2D eigenvalue weighted by Gasteiger charge is -2.27. The zero-order valence-corrected chi connectivity index (χ0v) is 27.8. The summed E-state index contributed by atoms with van der Waals surface area (Å²) in [6.45, 7) is 5.91. The fraction of sp³-hybridized carbons (Fsp3) is 0.903. The quantitative estimate of drug-likeness (QED) is 0.0568. The number of nitrogens with one attached hydrogen (secondary N) is 8. The van der Waals surface area contributed by atoms with Crippen LogP contribution in [0.15, 0.2) is 0 Å². The molecule has 42 heavy (non-hydrogen) atoms. The first-order valence-electron chi connectivity index (χ1n) is 16.4. The van der Waals surface area contributed by atoms with Crippen molar-refractivity contribution < 1.29 is 14.4 Å². The number of likely N-dealkylation sites (N-methyl/N-ethyl adjacent to an activating group) is 1. The summed E-state index contributed by atoms with van der Waals surface area (Å²) in [6, 6.07) is -0.967. The fourth-order valence-corrected chi connectivity index (χ4v) is 5.06. The molecule has 0 aromatic carbocycles. The van der Waals surface area contributed by atoms with Crippen molar-refractivity contribution in [3.8, 4) is 0 Å². The number of Topliss-reactive ketones (excluding diaryl/α,β-unsaturated/α-hetero) is 1. The number of ketones is 1. The first kappa shape index (κ1) is 40.4. The molecule has 248 valence electrons. The maximum Gasteiger partial charge on any atom is 0.242 e. The molecule has 0 rings (SSSR count). The molecule has 11 heteroatoms. The van der Waals surface area contributed by atoms with Gasteiger partial charge in [0.15, 0.2) is 0 Å². The van der Waals surface area contributed by atoms with Crippen molar-refractivity contribution in [3.05, 3.63) is 0 Å². The fourth-order valence-electron chi connectivity index (χ4n) is 5.06. The van der Waals surface area contributed by atoms with E-state index < -0.39 is 6.04 Å². The molecule has 2 amide bonds. The number of rotatable bonds is 30. The standard InChI is InChI=1S/C31H66N8O3/c1-25(40)23-26(15-7-11-19-32-2)38-31(42)29(18-10-14-22-35-5)39-30(41)28(17-9-13-21-34-4)37-24-27(36-6)16-8-12-20-33-3/h26-29,32-37H,7-24H2,1-6H3,(H,38,42)(H,39,41). The summed E-state index contributed by atoms with van der Waals surface area (Å²) in [4.78, 5) is 39.1. The van der Waals surface area contributed by atoms with Crippen molar-refractivity contribution in [1.82, 2.24) is 42.5 Å². The summed E-state index contributed by atoms with van der Waals surface area (Å²) in [5, 5.41) is 25.8. The van der Waals surface area contributed by atoms with Gasteiger partial charge < -0.3 is 42.5 Å². The molecule has 0 heterocycles. The second kappa shape index (κ2) is 28.2. The van der Waals surface area contributed by atoms with E-state index in [0.717, 1.165) is 90.4 Å². The molecule has 0 aromatic rings. The van der Waals surface area contributed by atoms with Crippen LogP contribution in [0, 0.1) is 0 Å². The monoisotopic (exact) mass is 599 g/mol. The topological polar surface area (TPSA) is 147 Å². The number of carbonyl (C=O) groups excluding carboxylic acids is 3. The Morgan fingerprint density at radius 2 is 0.952 bits per heavy atom. The Hall–Kier alpha value is -1.63. The van der Waals surface area contributed by atoms with E-state index in [4.69, 9.17) is 0 Å². The molecule has 11 nitrogen and oxygen atoms in total. The summed E-state index contributed by atoms with van der Waals surface area (Å²) in [5.74, 6) is -0.269. The summed E-state index contributed by atoms with van der Waals surface area (Å²) in [7, 11) is 9.70. The minimum atomic E-state index is -0.635. The van der Waals surface area contributed by atoms with Crippen LogP contribution < -0.4 is 42.5 Å². The lowest BCUT2D eigenvalue weighted by Crippen LogP contribution is -2.55. The molecule has 0 bridgehead atoms. The summed E-state index contributed by atoms with van der Waals surface area (Å²) in [6.07, 6.45) is 11.1. The van der Waals surface area contributed by atoms with Gasteiger partial charge in [-0.1, -0.05) is 19.3 Å². The Morgan fingerprint density at radius 1 is 0.524 bits per heavy atom. The number of carbonyl (C=O) groups is 3. The molecule has 8 N–H and O–H groups in total. The van der Waals surface area contributed by atoms with Crippen LogP contribution in [0.4, 0.5) is 0 Å². The van der Waals surface area contributed by atoms with Gasteiger partial charge in [-0.2, -0.15) is 0 Å². The maximum atomic E-state index is 13.6. The molecule has 0 saturated carbocycles. The minimum absolute atomic E-state index is 0.0550. The van der Waals surface area contributed by atoms with E-state index in [2.05, 4.69) is 42.5 Å². The van der Waals surface area contributed by atoms with E-state index >= 15 is 0 Å². The van der Waals surface area contributed by atoms with E-state index in [1.54, 1.807) is 6.92 Å². The third-order valence-electron chi connectivity index (χ3n) is 7.65. The predicted octanol–water partition coefficient (Wildman–Crippen LogP) is 1.04. The zero-order chi connectivity index (χ0) is 31.4. The molecule has 0 aliphatic rings. The molecule has 4 unspecified atom stereocenters. The van der Waals surface area contributed by atoms with E-state index in [1.165, 1.54) is 0 Å². The van der Waals surface area contributed by atoms with Gasteiger partial charge in [-0.15, -0.1) is 0 Å². The number of hydrogen-bond donors (Lipinski definition) is 8. The highest BCUT2D eigenvalue weighted by atomic mass is 16.2. The molecular weight excluding hydrogens is 532 g/mol. The van der Waals surface area contributed by atoms with Gasteiger partial charge in [0, 0.05) is 25.0 Å². The lowest BCUT2D eigenvalue weighted by atomic mass is 10.0. The van der Waals surface area contributed by atoms with Crippen molar-refractivity contribution in [2.75, 3.05) is 68.0 Å². The molecule has 4 atom stereocenters. The maximum absolute atomic E-state index is 13.6. The Balaban J connectivity index is 5.48. The van der Waals surface area contributed by atoms with Gasteiger partial charge in [0.1, 0.15) is 11.8 Å². The Morgan fingerprint density at radius 3 is 1.40 bits per heavy atom. The number of amides is 2. The summed E-state index contributed by atoms with van der Waals surface area (Å²) < 4.78 is 0. The van der Waals surface area contributed by atoms with Gasteiger partial charge >= 0.3 is 0 Å². The minimum Gasteiger partial charge on any atom is -0.351 e. The molecule has 0 spiro atoms. The van der Waals surface area contributed by atoms with Crippen molar-refractivity contribution in [3.63, 3.8) is 0 Å².